The maximum atomic E-state index is 5.75. The molecule has 1 aliphatic heterocycles. The Morgan fingerprint density at radius 2 is 1.90 bits per heavy atom. The van der Waals surface area contributed by atoms with Crippen LogP contribution in [-0.4, -0.2) is 53.4 Å². The number of anilines is 2. The van der Waals surface area contributed by atoms with Gasteiger partial charge in [0.1, 0.15) is 0 Å². The molecular weight excluding hydrogens is 270 g/mol. The SMILES string of the molecule is CCCOc1nc(NCC)nc(N2C[C@@H](C)O[C@@H](C)C2)n1. The van der Waals surface area contributed by atoms with E-state index in [1.165, 1.54) is 0 Å². The van der Waals surface area contributed by atoms with E-state index in [1.807, 2.05) is 6.92 Å². The predicted octanol–water partition coefficient (Wildman–Crippen LogP) is 1.71. The van der Waals surface area contributed by atoms with Crippen LogP contribution < -0.4 is 15.0 Å². The standard InChI is InChI=1S/C14H25N5O2/c1-5-7-20-14-17-12(15-6-2)16-13(18-14)19-8-10(3)21-11(4)9-19/h10-11H,5-9H2,1-4H3,(H,15,16,17,18)/t10-,11+. The highest BCUT2D eigenvalue weighted by atomic mass is 16.5. The summed E-state index contributed by atoms with van der Waals surface area (Å²) < 4.78 is 11.3. The summed E-state index contributed by atoms with van der Waals surface area (Å²) in [4.78, 5) is 15.3. The number of morpholine rings is 1. The van der Waals surface area contributed by atoms with Gasteiger partial charge in [0, 0.05) is 19.6 Å². The highest BCUT2D eigenvalue weighted by Crippen LogP contribution is 2.20. The summed E-state index contributed by atoms with van der Waals surface area (Å²) in [6.45, 7) is 11.1. The van der Waals surface area contributed by atoms with Gasteiger partial charge in [0.2, 0.25) is 11.9 Å². The summed E-state index contributed by atoms with van der Waals surface area (Å²) in [7, 11) is 0. The molecule has 1 aromatic rings. The van der Waals surface area contributed by atoms with E-state index in [4.69, 9.17) is 9.47 Å². The van der Waals surface area contributed by atoms with Gasteiger partial charge in [0.05, 0.1) is 18.8 Å². The molecule has 0 aliphatic carbocycles. The van der Waals surface area contributed by atoms with Crippen LogP contribution in [0.1, 0.15) is 34.1 Å². The predicted molar refractivity (Wildman–Crippen MR) is 82.0 cm³/mol. The van der Waals surface area contributed by atoms with Crippen molar-refractivity contribution in [3.8, 4) is 6.01 Å². The lowest BCUT2D eigenvalue weighted by atomic mass is 10.2. The van der Waals surface area contributed by atoms with Crippen LogP contribution in [0.2, 0.25) is 0 Å². The third kappa shape index (κ3) is 4.42. The zero-order valence-corrected chi connectivity index (χ0v) is 13.3. The average Bonchev–Trinajstić information content (AvgIpc) is 2.44. The van der Waals surface area contributed by atoms with E-state index < -0.39 is 0 Å². The van der Waals surface area contributed by atoms with Crippen molar-refractivity contribution in [2.75, 3.05) is 36.5 Å². The molecule has 0 saturated carbocycles. The molecule has 2 atom stereocenters. The van der Waals surface area contributed by atoms with Gasteiger partial charge in [0.15, 0.2) is 0 Å². The molecule has 0 bridgehead atoms. The van der Waals surface area contributed by atoms with E-state index in [1.54, 1.807) is 0 Å². The summed E-state index contributed by atoms with van der Waals surface area (Å²) in [6, 6.07) is 0.379. The molecule has 118 valence electrons. The van der Waals surface area contributed by atoms with Crippen molar-refractivity contribution in [3.05, 3.63) is 0 Å². The topological polar surface area (TPSA) is 72.4 Å². The Balaban J connectivity index is 2.21. The van der Waals surface area contributed by atoms with Crippen molar-refractivity contribution < 1.29 is 9.47 Å². The quantitative estimate of drug-likeness (QED) is 0.856. The van der Waals surface area contributed by atoms with Gasteiger partial charge in [-0.1, -0.05) is 6.92 Å². The van der Waals surface area contributed by atoms with Crippen LogP contribution >= 0.6 is 0 Å². The first-order valence-electron chi connectivity index (χ1n) is 7.65. The molecule has 0 spiro atoms. The maximum absolute atomic E-state index is 5.75. The average molecular weight is 295 g/mol. The highest BCUT2D eigenvalue weighted by Gasteiger charge is 2.25. The van der Waals surface area contributed by atoms with Crippen LogP contribution in [0.4, 0.5) is 11.9 Å². The molecule has 7 heteroatoms. The number of rotatable bonds is 6. The summed E-state index contributed by atoms with van der Waals surface area (Å²) in [6.07, 6.45) is 1.24. The van der Waals surface area contributed by atoms with Crippen molar-refractivity contribution >= 4 is 11.9 Å². The second-order valence-electron chi connectivity index (χ2n) is 5.28. The lowest BCUT2D eigenvalue weighted by Crippen LogP contribution is -2.46. The number of hydrogen-bond acceptors (Lipinski definition) is 7. The van der Waals surface area contributed by atoms with Gasteiger partial charge in [-0.15, -0.1) is 0 Å². The molecule has 0 aromatic carbocycles. The minimum Gasteiger partial charge on any atom is -0.463 e. The van der Waals surface area contributed by atoms with Crippen LogP contribution in [0.5, 0.6) is 6.01 Å². The van der Waals surface area contributed by atoms with Gasteiger partial charge in [-0.3, -0.25) is 0 Å². The molecule has 7 nitrogen and oxygen atoms in total. The fourth-order valence-electron chi connectivity index (χ4n) is 2.32. The van der Waals surface area contributed by atoms with Crippen LogP contribution in [0.25, 0.3) is 0 Å². The zero-order chi connectivity index (χ0) is 15.2. The summed E-state index contributed by atoms with van der Waals surface area (Å²) in [5, 5.41) is 3.13. The van der Waals surface area contributed by atoms with Crippen molar-refractivity contribution in [1.82, 2.24) is 15.0 Å². The molecule has 1 saturated heterocycles. The third-order valence-electron chi connectivity index (χ3n) is 3.08. The van der Waals surface area contributed by atoms with E-state index in [-0.39, 0.29) is 12.2 Å². The molecule has 1 aliphatic rings. The van der Waals surface area contributed by atoms with Gasteiger partial charge in [0.25, 0.3) is 0 Å². The van der Waals surface area contributed by atoms with Crippen LogP contribution in [0.3, 0.4) is 0 Å². The zero-order valence-electron chi connectivity index (χ0n) is 13.3. The molecule has 21 heavy (non-hydrogen) atoms. The van der Waals surface area contributed by atoms with E-state index in [9.17, 15) is 0 Å². The lowest BCUT2D eigenvalue weighted by Gasteiger charge is -2.35. The summed E-state index contributed by atoms with van der Waals surface area (Å²) in [5.41, 5.74) is 0. The first-order valence-corrected chi connectivity index (χ1v) is 7.65. The molecule has 0 radical (unpaired) electrons. The Labute approximate surface area is 126 Å². The Hall–Kier alpha value is -1.63. The fourth-order valence-corrected chi connectivity index (χ4v) is 2.32. The monoisotopic (exact) mass is 295 g/mol. The Morgan fingerprint density at radius 3 is 2.52 bits per heavy atom. The summed E-state index contributed by atoms with van der Waals surface area (Å²) >= 11 is 0. The largest absolute Gasteiger partial charge is 0.463 e. The van der Waals surface area contributed by atoms with Crippen LogP contribution in [0, 0.1) is 0 Å². The molecule has 2 rings (SSSR count). The fraction of sp³-hybridized carbons (Fsp3) is 0.786. The number of ether oxygens (including phenoxy) is 2. The molecule has 0 unspecified atom stereocenters. The second kappa shape index (κ2) is 7.40. The molecule has 2 heterocycles. The smallest absolute Gasteiger partial charge is 0.323 e. The van der Waals surface area contributed by atoms with Crippen molar-refractivity contribution in [1.29, 1.82) is 0 Å². The molecular formula is C14H25N5O2. The summed E-state index contributed by atoms with van der Waals surface area (Å²) in [5.74, 6) is 1.20. The number of nitrogens with zero attached hydrogens (tertiary/aromatic N) is 4. The van der Waals surface area contributed by atoms with Crippen molar-refractivity contribution in [3.63, 3.8) is 0 Å². The first kappa shape index (κ1) is 15.8. The normalized spacial score (nSPS) is 22.2. The van der Waals surface area contributed by atoms with Gasteiger partial charge in [-0.05, 0) is 27.2 Å². The van der Waals surface area contributed by atoms with E-state index in [0.29, 0.717) is 24.5 Å². The second-order valence-corrected chi connectivity index (χ2v) is 5.28. The minimum absolute atomic E-state index is 0.160. The molecule has 0 amide bonds. The molecule has 1 fully saturated rings. The molecule has 1 N–H and O–H groups in total. The van der Waals surface area contributed by atoms with Crippen LogP contribution in [-0.2, 0) is 4.74 Å². The van der Waals surface area contributed by atoms with Crippen LogP contribution in [0.15, 0.2) is 0 Å². The Bertz CT molecular complexity index is 447. The van der Waals surface area contributed by atoms with Gasteiger partial charge in [-0.2, -0.15) is 15.0 Å². The van der Waals surface area contributed by atoms with E-state index in [0.717, 1.165) is 26.1 Å². The minimum atomic E-state index is 0.160. The van der Waals surface area contributed by atoms with E-state index in [2.05, 4.69) is 45.9 Å². The number of nitrogens with one attached hydrogen (secondary N) is 1. The van der Waals surface area contributed by atoms with Gasteiger partial charge < -0.3 is 19.7 Å². The number of hydrogen-bond donors (Lipinski definition) is 1. The first-order chi connectivity index (χ1) is 10.1. The highest BCUT2D eigenvalue weighted by molar-refractivity contribution is 5.39. The van der Waals surface area contributed by atoms with Gasteiger partial charge >= 0.3 is 6.01 Å². The Morgan fingerprint density at radius 1 is 1.19 bits per heavy atom. The van der Waals surface area contributed by atoms with Gasteiger partial charge in [-0.25, -0.2) is 0 Å². The maximum Gasteiger partial charge on any atom is 0.323 e. The third-order valence-corrected chi connectivity index (χ3v) is 3.08. The number of aromatic nitrogens is 3. The van der Waals surface area contributed by atoms with Crippen molar-refractivity contribution in [2.45, 2.75) is 46.3 Å². The van der Waals surface area contributed by atoms with E-state index >= 15 is 0 Å². The molecule has 1 aromatic heterocycles. The Kier molecular flexibility index (Phi) is 5.55. The lowest BCUT2D eigenvalue weighted by molar-refractivity contribution is -0.00577. The van der Waals surface area contributed by atoms with Crippen molar-refractivity contribution in [2.24, 2.45) is 0 Å².